The summed E-state index contributed by atoms with van der Waals surface area (Å²) in [5.41, 5.74) is 0. The molecule has 7 heteroatoms. The SMILES string of the molecule is Cc1ncc(CNS(=O)(=O)c2cccc(F)c2)s1. The van der Waals surface area contributed by atoms with Gasteiger partial charge in [0.25, 0.3) is 0 Å². The van der Waals surface area contributed by atoms with Crippen LogP contribution in [0, 0.1) is 12.7 Å². The summed E-state index contributed by atoms with van der Waals surface area (Å²) in [6, 6.07) is 4.90. The van der Waals surface area contributed by atoms with E-state index in [0.29, 0.717) is 0 Å². The van der Waals surface area contributed by atoms with Gasteiger partial charge in [-0.1, -0.05) is 6.07 Å². The Labute approximate surface area is 109 Å². The lowest BCUT2D eigenvalue weighted by molar-refractivity contribution is 0.578. The van der Waals surface area contributed by atoms with Crippen molar-refractivity contribution in [2.75, 3.05) is 0 Å². The number of halogens is 1. The second-order valence-corrected chi connectivity index (χ2v) is 6.71. The Morgan fingerprint density at radius 1 is 1.44 bits per heavy atom. The van der Waals surface area contributed by atoms with Crippen LogP contribution in [0.3, 0.4) is 0 Å². The average molecular weight is 286 g/mol. The molecule has 0 radical (unpaired) electrons. The Morgan fingerprint density at radius 3 is 2.83 bits per heavy atom. The molecule has 0 fully saturated rings. The van der Waals surface area contributed by atoms with Gasteiger partial charge in [0.2, 0.25) is 10.0 Å². The van der Waals surface area contributed by atoms with Crippen LogP contribution in [0.25, 0.3) is 0 Å². The normalized spacial score (nSPS) is 11.7. The minimum Gasteiger partial charge on any atom is -0.250 e. The molecule has 0 amide bonds. The number of sulfonamides is 1. The summed E-state index contributed by atoms with van der Waals surface area (Å²) in [5, 5.41) is 0.870. The molecule has 0 unspecified atom stereocenters. The maximum Gasteiger partial charge on any atom is 0.241 e. The third-order valence-electron chi connectivity index (χ3n) is 2.21. The fraction of sp³-hybridized carbons (Fsp3) is 0.182. The van der Waals surface area contributed by atoms with E-state index in [1.54, 1.807) is 6.20 Å². The Balaban J connectivity index is 2.13. The van der Waals surface area contributed by atoms with Crippen molar-refractivity contribution >= 4 is 21.4 Å². The van der Waals surface area contributed by atoms with Crippen LogP contribution in [0.4, 0.5) is 4.39 Å². The van der Waals surface area contributed by atoms with Crippen LogP contribution in [0.2, 0.25) is 0 Å². The van der Waals surface area contributed by atoms with Crippen LogP contribution in [0.15, 0.2) is 35.4 Å². The highest BCUT2D eigenvalue weighted by Gasteiger charge is 2.14. The molecule has 1 aromatic heterocycles. The van der Waals surface area contributed by atoms with Crippen molar-refractivity contribution in [3.8, 4) is 0 Å². The van der Waals surface area contributed by atoms with Crippen molar-refractivity contribution in [3.05, 3.63) is 46.2 Å². The minimum absolute atomic E-state index is 0.0799. The summed E-state index contributed by atoms with van der Waals surface area (Å²) < 4.78 is 39.1. The zero-order chi connectivity index (χ0) is 13.2. The second-order valence-electron chi connectivity index (χ2n) is 3.63. The van der Waals surface area contributed by atoms with E-state index in [-0.39, 0.29) is 11.4 Å². The molecule has 2 rings (SSSR count). The van der Waals surface area contributed by atoms with E-state index in [4.69, 9.17) is 0 Å². The monoisotopic (exact) mass is 286 g/mol. The average Bonchev–Trinajstić information content (AvgIpc) is 2.73. The van der Waals surface area contributed by atoms with Crippen molar-refractivity contribution in [2.45, 2.75) is 18.4 Å². The maximum atomic E-state index is 13.0. The van der Waals surface area contributed by atoms with Crippen LogP contribution in [0.5, 0.6) is 0 Å². The summed E-state index contributed by atoms with van der Waals surface area (Å²) in [7, 11) is -3.68. The first-order valence-corrected chi connectivity index (χ1v) is 7.44. The number of nitrogens with zero attached hydrogens (tertiary/aromatic N) is 1. The van der Waals surface area contributed by atoms with Crippen LogP contribution in [0.1, 0.15) is 9.88 Å². The zero-order valence-electron chi connectivity index (χ0n) is 9.55. The first-order chi connectivity index (χ1) is 8.47. The molecule has 0 atom stereocenters. The van der Waals surface area contributed by atoms with E-state index in [9.17, 15) is 12.8 Å². The number of aromatic nitrogens is 1. The molecule has 0 aliphatic rings. The standard InChI is InChI=1S/C11H11FN2O2S2/c1-8-13-6-10(17-8)7-14-18(15,16)11-4-2-3-9(12)5-11/h2-6,14H,7H2,1H3. The number of benzene rings is 1. The summed E-state index contributed by atoms with van der Waals surface area (Å²) in [6.45, 7) is 2.00. The number of thiazole rings is 1. The van der Waals surface area contributed by atoms with Gasteiger partial charge in [-0.05, 0) is 25.1 Å². The lowest BCUT2D eigenvalue weighted by Gasteiger charge is -2.05. The number of hydrogen-bond acceptors (Lipinski definition) is 4. The number of hydrogen-bond donors (Lipinski definition) is 1. The quantitative estimate of drug-likeness (QED) is 0.936. The van der Waals surface area contributed by atoms with E-state index in [2.05, 4.69) is 9.71 Å². The first-order valence-electron chi connectivity index (χ1n) is 5.14. The van der Waals surface area contributed by atoms with Crippen molar-refractivity contribution in [3.63, 3.8) is 0 Å². The van der Waals surface area contributed by atoms with Crippen LogP contribution < -0.4 is 4.72 Å². The van der Waals surface area contributed by atoms with Crippen molar-refractivity contribution < 1.29 is 12.8 Å². The molecule has 0 spiro atoms. The number of rotatable bonds is 4. The van der Waals surface area contributed by atoms with Gasteiger partial charge in [0.05, 0.1) is 9.90 Å². The maximum absolute atomic E-state index is 13.0. The van der Waals surface area contributed by atoms with Crippen molar-refractivity contribution in [2.24, 2.45) is 0 Å². The van der Waals surface area contributed by atoms with Crippen molar-refractivity contribution in [1.29, 1.82) is 0 Å². The van der Waals surface area contributed by atoms with Gasteiger partial charge < -0.3 is 0 Å². The fourth-order valence-corrected chi connectivity index (χ4v) is 3.23. The largest absolute Gasteiger partial charge is 0.250 e. The third-order valence-corrected chi connectivity index (χ3v) is 4.52. The smallest absolute Gasteiger partial charge is 0.241 e. The van der Waals surface area contributed by atoms with Crippen LogP contribution >= 0.6 is 11.3 Å². The summed E-state index contributed by atoms with van der Waals surface area (Å²) in [5.74, 6) is -0.577. The Hall–Kier alpha value is -1.31. The lowest BCUT2D eigenvalue weighted by Crippen LogP contribution is -2.22. The van der Waals surface area contributed by atoms with Gasteiger partial charge in [-0.2, -0.15) is 0 Å². The van der Waals surface area contributed by atoms with Gasteiger partial charge in [-0.25, -0.2) is 22.5 Å². The van der Waals surface area contributed by atoms with E-state index in [1.807, 2.05) is 6.92 Å². The predicted octanol–water partition coefficient (Wildman–Crippen LogP) is 2.07. The molecule has 0 saturated heterocycles. The van der Waals surface area contributed by atoms with Crippen LogP contribution in [-0.2, 0) is 16.6 Å². The van der Waals surface area contributed by atoms with E-state index >= 15 is 0 Å². The highest BCUT2D eigenvalue weighted by molar-refractivity contribution is 7.89. The molecule has 4 nitrogen and oxygen atoms in total. The second kappa shape index (κ2) is 5.13. The fourth-order valence-electron chi connectivity index (χ4n) is 1.37. The molecule has 1 N–H and O–H groups in total. The summed E-state index contributed by atoms with van der Waals surface area (Å²) in [4.78, 5) is 4.76. The molecule has 1 heterocycles. The van der Waals surface area contributed by atoms with Gasteiger partial charge >= 0.3 is 0 Å². The van der Waals surface area contributed by atoms with Crippen molar-refractivity contribution in [1.82, 2.24) is 9.71 Å². The molecular formula is C11H11FN2O2S2. The molecular weight excluding hydrogens is 275 g/mol. The molecule has 0 aliphatic carbocycles. The van der Waals surface area contributed by atoms with Gasteiger partial charge in [0, 0.05) is 17.6 Å². The number of aryl methyl sites for hydroxylation is 1. The van der Waals surface area contributed by atoms with Crippen LogP contribution in [-0.4, -0.2) is 13.4 Å². The van der Waals surface area contributed by atoms with Gasteiger partial charge in [0.15, 0.2) is 0 Å². The van der Waals surface area contributed by atoms with Gasteiger partial charge in [-0.3, -0.25) is 0 Å². The topological polar surface area (TPSA) is 59.1 Å². The zero-order valence-corrected chi connectivity index (χ0v) is 11.2. The van der Waals surface area contributed by atoms with Gasteiger partial charge in [0.1, 0.15) is 5.82 Å². The van der Waals surface area contributed by atoms with E-state index in [0.717, 1.165) is 16.0 Å². The Kier molecular flexibility index (Phi) is 3.74. The molecule has 96 valence electrons. The number of nitrogens with one attached hydrogen (secondary N) is 1. The summed E-state index contributed by atoms with van der Waals surface area (Å²) in [6.07, 6.45) is 1.62. The first kappa shape index (κ1) is 13.1. The highest BCUT2D eigenvalue weighted by atomic mass is 32.2. The third kappa shape index (κ3) is 3.12. The molecule has 1 aromatic carbocycles. The Bertz CT molecular complexity index is 653. The Morgan fingerprint density at radius 2 is 2.22 bits per heavy atom. The predicted molar refractivity (Wildman–Crippen MR) is 67.3 cm³/mol. The highest BCUT2D eigenvalue weighted by Crippen LogP contribution is 2.14. The van der Waals surface area contributed by atoms with Gasteiger partial charge in [-0.15, -0.1) is 11.3 Å². The molecule has 18 heavy (non-hydrogen) atoms. The molecule has 0 aliphatic heterocycles. The molecule has 2 aromatic rings. The summed E-state index contributed by atoms with van der Waals surface area (Å²) >= 11 is 1.41. The molecule has 0 saturated carbocycles. The van der Waals surface area contributed by atoms with E-state index < -0.39 is 15.8 Å². The lowest BCUT2D eigenvalue weighted by atomic mass is 10.4. The molecule has 0 bridgehead atoms. The van der Waals surface area contributed by atoms with E-state index in [1.165, 1.54) is 29.5 Å². The minimum atomic E-state index is -3.68.